The minimum absolute atomic E-state index is 0.0344. The Bertz CT molecular complexity index is 396. The number of carbonyl (C=O) groups excluding carboxylic acids is 1. The standard InChI is InChI=1S/C14H24N4O/c1-2-18-10-3-5-13(18)14(19)16-6-4-9-17-11-7-15-8-12-17/h3,5,10,15H,2,4,6-9,11-12H2,1H3,(H,16,19). The van der Waals surface area contributed by atoms with Crippen molar-refractivity contribution >= 4 is 5.91 Å². The molecule has 5 nitrogen and oxygen atoms in total. The lowest BCUT2D eigenvalue weighted by Crippen LogP contribution is -2.44. The molecule has 1 aromatic heterocycles. The van der Waals surface area contributed by atoms with Crippen molar-refractivity contribution in [1.82, 2.24) is 20.1 Å². The Morgan fingerprint density at radius 1 is 1.42 bits per heavy atom. The van der Waals surface area contributed by atoms with Crippen LogP contribution in [0, 0.1) is 0 Å². The number of piperazine rings is 1. The molecule has 0 aromatic carbocycles. The van der Waals surface area contributed by atoms with Gasteiger partial charge in [-0.25, -0.2) is 0 Å². The van der Waals surface area contributed by atoms with Gasteiger partial charge in [0.2, 0.25) is 0 Å². The normalized spacial score (nSPS) is 16.5. The largest absolute Gasteiger partial charge is 0.351 e. The molecular weight excluding hydrogens is 240 g/mol. The summed E-state index contributed by atoms with van der Waals surface area (Å²) < 4.78 is 1.96. The average molecular weight is 264 g/mol. The fourth-order valence-electron chi connectivity index (χ4n) is 2.43. The monoisotopic (exact) mass is 264 g/mol. The third kappa shape index (κ3) is 4.08. The van der Waals surface area contributed by atoms with Gasteiger partial charge in [-0.3, -0.25) is 4.79 Å². The zero-order valence-electron chi connectivity index (χ0n) is 11.7. The highest BCUT2D eigenvalue weighted by molar-refractivity contribution is 5.92. The first-order valence-corrected chi connectivity index (χ1v) is 7.17. The molecular formula is C14H24N4O. The Balaban J connectivity index is 1.66. The Morgan fingerprint density at radius 3 is 2.95 bits per heavy atom. The van der Waals surface area contributed by atoms with Gasteiger partial charge in [0, 0.05) is 45.5 Å². The third-order valence-electron chi connectivity index (χ3n) is 3.55. The van der Waals surface area contributed by atoms with Crippen LogP contribution in [-0.2, 0) is 6.54 Å². The van der Waals surface area contributed by atoms with Gasteiger partial charge in [0.15, 0.2) is 0 Å². The van der Waals surface area contributed by atoms with Gasteiger partial charge in [-0.15, -0.1) is 0 Å². The Labute approximate surface area is 115 Å². The van der Waals surface area contributed by atoms with Crippen molar-refractivity contribution in [1.29, 1.82) is 0 Å². The van der Waals surface area contributed by atoms with Crippen molar-refractivity contribution in [2.45, 2.75) is 19.9 Å². The molecule has 1 aromatic rings. The lowest BCUT2D eigenvalue weighted by molar-refractivity contribution is 0.0942. The van der Waals surface area contributed by atoms with Crippen molar-refractivity contribution in [3.63, 3.8) is 0 Å². The molecule has 1 amide bonds. The SMILES string of the molecule is CCn1cccc1C(=O)NCCCN1CCNCC1. The molecule has 2 heterocycles. The first-order valence-electron chi connectivity index (χ1n) is 7.17. The number of aromatic nitrogens is 1. The van der Waals surface area contributed by atoms with Gasteiger partial charge >= 0.3 is 0 Å². The Morgan fingerprint density at radius 2 is 2.21 bits per heavy atom. The predicted molar refractivity (Wildman–Crippen MR) is 76.4 cm³/mol. The average Bonchev–Trinajstić information content (AvgIpc) is 2.93. The van der Waals surface area contributed by atoms with E-state index in [1.807, 2.05) is 29.8 Å². The highest BCUT2D eigenvalue weighted by Crippen LogP contribution is 2.02. The second-order valence-electron chi connectivity index (χ2n) is 4.88. The summed E-state index contributed by atoms with van der Waals surface area (Å²) in [5.74, 6) is 0.0344. The molecule has 1 saturated heterocycles. The van der Waals surface area contributed by atoms with Crippen molar-refractivity contribution in [3.05, 3.63) is 24.0 Å². The summed E-state index contributed by atoms with van der Waals surface area (Å²) in [7, 11) is 0. The van der Waals surface area contributed by atoms with Crippen LogP contribution < -0.4 is 10.6 Å². The van der Waals surface area contributed by atoms with Crippen LogP contribution in [0.4, 0.5) is 0 Å². The first kappa shape index (κ1) is 14.1. The number of nitrogens with one attached hydrogen (secondary N) is 2. The fourth-order valence-corrected chi connectivity index (χ4v) is 2.43. The molecule has 0 bridgehead atoms. The molecule has 2 rings (SSSR count). The number of aryl methyl sites for hydroxylation is 1. The van der Waals surface area contributed by atoms with Gasteiger partial charge in [0.05, 0.1) is 0 Å². The van der Waals surface area contributed by atoms with Crippen molar-refractivity contribution in [2.75, 3.05) is 39.3 Å². The van der Waals surface area contributed by atoms with Crippen LogP contribution in [0.25, 0.3) is 0 Å². The molecule has 0 radical (unpaired) electrons. The molecule has 2 N–H and O–H groups in total. The number of carbonyl (C=O) groups is 1. The number of amides is 1. The summed E-state index contributed by atoms with van der Waals surface area (Å²) in [5, 5.41) is 6.34. The molecule has 0 unspecified atom stereocenters. The lowest BCUT2D eigenvalue weighted by Gasteiger charge is -2.27. The van der Waals surface area contributed by atoms with E-state index in [0.29, 0.717) is 0 Å². The summed E-state index contributed by atoms with van der Waals surface area (Å²) in [5.41, 5.74) is 0.754. The predicted octanol–water partition coefficient (Wildman–Crippen LogP) is 0.533. The molecule has 0 atom stereocenters. The van der Waals surface area contributed by atoms with Gasteiger partial charge in [0.1, 0.15) is 5.69 Å². The maximum Gasteiger partial charge on any atom is 0.267 e. The number of nitrogens with zero attached hydrogens (tertiary/aromatic N) is 2. The van der Waals surface area contributed by atoms with Crippen LogP contribution in [0.2, 0.25) is 0 Å². The van der Waals surface area contributed by atoms with Gasteiger partial charge in [-0.1, -0.05) is 0 Å². The van der Waals surface area contributed by atoms with Crippen LogP contribution in [0.5, 0.6) is 0 Å². The quantitative estimate of drug-likeness (QED) is 0.737. The van der Waals surface area contributed by atoms with E-state index in [1.54, 1.807) is 0 Å². The van der Waals surface area contributed by atoms with E-state index in [1.165, 1.54) is 0 Å². The summed E-state index contributed by atoms with van der Waals surface area (Å²) in [6.07, 6.45) is 2.95. The van der Waals surface area contributed by atoms with E-state index < -0.39 is 0 Å². The van der Waals surface area contributed by atoms with E-state index in [0.717, 1.165) is 57.9 Å². The summed E-state index contributed by atoms with van der Waals surface area (Å²) >= 11 is 0. The van der Waals surface area contributed by atoms with E-state index in [9.17, 15) is 4.79 Å². The molecule has 5 heteroatoms. The second kappa shape index (κ2) is 7.31. The zero-order chi connectivity index (χ0) is 13.5. The number of hydrogen-bond acceptors (Lipinski definition) is 3. The van der Waals surface area contributed by atoms with Gasteiger partial charge < -0.3 is 20.1 Å². The summed E-state index contributed by atoms with van der Waals surface area (Å²) in [6, 6.07) is 3.79. The second-order valence-corrected chi connectivity index (χ2v) is 4.88. The minimum Gasteiger partial charge on any atom is -0.351 e. The topological polar surface area (TPSA) is 49.3 Å². The van der Waals surface area contributed by atoms with Crippen LogP contribution in [0.15, 0.2) is 18.3 Å². The van der Waals surface area contributed by atoms with Crippen molar-refractivity contribution in [3.8, 4) is 0 Å². The van der Waals surface area contributed by atoms with Crippen LogP contribution >= 0.6 is 0 Å². The maximum atomic E-state index is 12.0. The molecule has 1 fully saturated rings. The summed E-state index contributed by atoms with van der Waals surface area (Å²) in [4.78, 5) is 14.4. The molecule has 1 aliphatic rings. The van der Waals surface area contributed by atoms with Crippen LogP contribution in [-0.4, -0.2) is 54.6 Å². The highest BCUT2D eigenvalue weighted by Gasteiger charge is 2.10. The summed E-state index contributed by atoms with van der Waals surface area (Å²) in [6.45, 7) is 9.08. The Hall–Kier alpha value is -1.33. The number of hydrogen-bond donors (Lipinski definition) is 2. The van der Waals surface area contributed by atoms with E-state index in [4.69, 9.17) is 0 Å². The van der Waals surface area contributed by atoms with Crippen molar-refractivity contribution in [2.24, 2.45) is 0 Å². The van der Waals surface area contributed by atoms with Gasteiger partial charge in [-0.05, 0) is 32.0 Å². The molecule has 1 aliphatic heterocycles. The van der Waals surface area contributed by atoms with Gasteiger partial charge in [0.25, 0.3) is 5.91 Å². The van der Waals surface area contributed by atoms with E-state index in [2.05, 4.69) is 15.5 Å². The fraction of sp³-hybridized carbons (Fsp3) is 0.643. The molecule has 0 aliphatic carbocycles. The van der Waals surface area contributed by atoms with E-state index >= 15 is 0 Å². The van der Waals surface area contributed by atoms with E-state index in [-0.39, 0.29) is 5.91 Å². The Kier molecular flexibility index (Phi) is 5.42. The lowest BCUT2D eigenvalue weighted by atomic mass is 10.3. The molecule has 106 valence electrons. The number of rotatable bonds is 6. The molecule has 19 heavy (non-hydrogen) atoms. The van der Waals surface area contributed by atoms with Crippen molar-refractivity contribution < 1.29 is 4.79 Å². The first-order chi connectivity index (χ1) is 9.31. The van der Waals surface area contributed by atoms with Crippen LogP contribution in [0.3, 0.4) is 0 Å². The third-order valence-corrected chi connectivity index (χ3v) is 3.55. The smallest absolute Gasteiger partial charge is 0.267 e. The maximum absolute atomic E-state index is 12.0. The zero-order valence-corrected chi connectivity index (χ0v) is 11.7. The van der Waals surface area contributed by atoms with Crippen LogP contribution in [0.1, 0.15) is 23.8 Å². The van der Waals surface area contributed by atoms with Gasteiger partial charge in [-0.2, -0.15) is 0 Å². The molecule has 0 spiro atoms. The highest BCUT2D eigenvalue weighted by atomic mass is 16.1. The molecule has 0 saturated carbocycles. The minimum atomic E-state index is 0.0344.